The average molecular weight is 296 g/mol. The Bertz CT molecular complexity index is 421. The number of hydrogen-bond donors (Lipinski definition) is 1. The van der Waals surface area contributed by atoms with Crippen LogP contribution in [0, 0.1) is 11.7 Å². The highest BCUT2D eigenvalue weighted by Crippen LogP contribution is 2.23. The molecule has 21 heavy (non-hydrogen) atoms. The van der Waals surface area contributed by atoms with Crippen molar-refractivity contribution >= 4 is 5.69 Å². The molecule has 3 nitrogen and oxygen atoms in total. The lowest BCUT2D eigenvalue weighted by atomic mass is 10.1. The van der Waals surface area contributed by atoms with Gasteiger partial charge in [0, 0.05) is 31.9 Å². The number of hydrogen-bond acceptors (Lipinski definition) is 3. The molecule has 0 fully saturated rings. The fourth-order valence-electron chi connectivity index (χ4n) is 2.32. The molecule has 0 saturated heterocycles. The molecule has 0 spiro atoms. The van der Waals surface area contributed by atoms with E-state index in [0.717, 1.165) is 24.3 Å². The van der Waals surface area contributed by atoms with E-state index in [9.17, 15) is 4.39 Å². The molecule has 0 aliphatic heterocycles. The van der Waals surface area contributed by atoms with Gasteiger partial charge in [0.15, 0.2) is 0 Å². The molecule has 1 rings (SSSR count). The quantitative estimate of drug-likeness (QED) is 0.755. The lowest BCUT2D eigenvalue weighted by molar-refractivity contribution is 0.203. The van der Waals surface area contributed by atoms with Gasteiger partial charge < -0.3 is 15.0 Å². The van der Waals surface area contributed by atoms with Gasteiger partial charge in [-0.05, 0) is 50.1 Å². The molecule has 0 radical (unpaired) electrons. The second-order valence-electron chi connectivity index (χ2n) is 6.08. The maximum absolute atomic E-state index is 13.6. The summed E-state index contributed by atoms with van der Waals surface area (Å²) in [5.41, 5.74) is 2.08. The number of nitrogens with one attached hydrogen (secondary N) is 1. The van der Waals surface area contributed by atoms with E-state index < -0.39 is 0 Å². The molecule has 0 amide bonds. The Labute approximate surface area is 128 Å². The van der Waals surface area contributed by atoms with Gasteiger partial charge in [0.1, 0.15) is 5.82 Å². The lowest BCUT2D eigenvalue weighted by Crippen LogP contribution is -2.35. The molecule has 4 heteroatoms. The molecule has 0 bridgehead atoms. The SMILES string of the molecule is COCCN(c1ccc(F)cc1CNCC(C)C)C(C)C. The minimum atomic E-state index is -0.185. The zero-order chi connectivity index (χ0) is 15.8. The number of nitrogens with zero attached hydrogens (tertiary/aromatic N) is 1. The van der Waals surface area contributed by atoms with Crippen LogP contribution in [0.4, 0.5) is 10.1 Å². The van der Waals surface area contributed by atoms with E-state index in [1.165, 1.54) is 6.07 Å². The van der Waals surface area contributed by atoms with E-state index in [1.54, 1.807) is 13.2 Å². The van der Waals surface area contributed by atoms with E-state index in [4.69, 9.17) is 4.74 Å². The summed E-state index contributed by atoms with van der Waals surface area (Å²) in [6.07, 6.45) is 0. The van der Waals surface area contributed by atoms with Crippen molar-refractivity contribution in [2.24, 2.45) is 5.92 Å². The molecule has 0 saturated carbocycles. The third kappa shape index (κ3) is 6.02. The molecular weight excluding hydrogens is 267 g/mol. The van der Waals surface area contributed by atoms with Crippen molar-refractivity contribution in [2.45, 2.75) is 40.3 Å². The predicted octanol–water partition coefficient (Wildman–Crippen LogP) is 3.43. The summed E-state index contributed by atoms with van der Waals surface area (Å²) >= 11 is 0. The predicted molar refractivity (Wildman–Crippen MR) is 87.3 cm³/mol. The van der Waals surface area contributed by atoms with E-state index in [1.807, 2.05) is 6.07 Å². The van der Waals surface area contributed by atoms with Crippen LogP contribution >= 0.6 is 0 Å². The molecule has 0 aromatic heterocycles. The van der Waals surface area contributed by atoms with Crippen LogP contribution in [0.5, 0.6) is 0 Å². The number of methoxy groups -OCH3 is 1. The van der Waals surface area contributed by atoms with Crippen LogP contribution in [-0.4, -0.2) is 32.8 Å². The Hall–Kier alpha value is -1.13. The lowest BCUT2D eigenvalue weighted by Gasteiger charge is -2.31. The van der Waals surface area contributed by atoms with Crippen molar-refractivity contribution in [3.05, 3.63) is 29.6 Å². The largest absolute Gasteiger partial charge is 0.383 e. The molecule has 1 N–H and O–H groups in total. The average Bonchev–Trinajstić information content (AvgIpc) is 2.40. The summed E-state index contributed by atoms with van der Waals surface area (Å²) in [5, 5.41) is 3.39. The molecule has 0 heterocycles. The molecule has 120 valence electrons. The smallest absolute Gasteiger partial charge is 0.123 e. The highest BCUT2D eigenvalue weighted by molar-refractivity contribution is 5.54. The minimum Gasteiger partial charge on any atom is -0.383 e. The van der Waals surface area contributed by atoms with Gasteiger partial charge in [0.05, 0.1) is 6.61 Å². The summed E-state index contributed by atoms with van der Waals surface area (Å²) in [7, 11) is 1.70. The molecule has 0 aliphatic rings. The van der Waals surface area contributed by atoms with Gasteiger partial charge in [0.25, 0.3) is 0 Å². The van der Waals surface area contributed by atoms with Crippen LogP contribution in [0.25, 0.3) is 0 Å². The van der Waals surface area contributed by atoms with Crippen molar-refractivity contribution < 1.29 is 9.13 Å². The normalized spacial score (nSPS) is 11.4. The van der Waals surface area contributed by atoms with Gasteiger partial charge in [-0.25, -0.2) is 4.39 Å². The Balaban J connectivity index is 2.91. The molecule has 0 aliphatic carbocycles. The number of benzene rings is 1. The van der Waals surface area contributed by atoms with Crippen LogP contribution < -0.4 is 10.2 Å². The van der Waals surface area contributed by atoms with E-state index in [-0.39, 0.29) is 5.82 Å². The third-order valence-corrected chi connectivity index (χ3v) is 3.38. The maximum atomic E-state index is 13.6. The van der Waals surface area contributed by atoms with Crippen molar-refractivity contribution in [2.75, 3.05) is 31.7 Å². The molecule has 1 aromatic rings. The zero-order valence-electron chi connectivity index (χ0n) is 13.9. The van der Waals surface area contributed by atoms with Gasteiger partial charge in [-0.3, -0.25) is 0 Å². The van der Waals surface area contributed by atoms with Crippen molar-refractivity contribution in [3.8, 4) is 0 Å². The number of anilines is 1. The van der Waals surface area contributed by atoms with Crippen LogP contribution in [0.15, 0.2) is 18.2 Å². The van der Waals surface area contributed by atoms with E-state index in [2.05, 4.69) is 37.9 Å². The Morgan fingerprint density at radius 3 is 2.52 bits per heavy atom. The Kier molecular flexibility index (Phi) is 7.68. The summed E-state index contributed by atoms with van der Waals surface area (Å²) in [6.45, 7) is 11.7. The number of ether oxygens (including phenoxy) is 1. The molecule has 1 aromatic carbocycles. The van der Waals surface area contributed by atoms with Crippen molar-refractivity contribution in [1.82, 2.24) is 5.32 Å². The minimum absolute atomic E-state index is 0.185. The Morgan fingerprint density at radius 2 is 1.95 bits per heavy atom. The number of halogens is 1. The fourth-order valence-corrected chi connectivity index (χ4v) is 2.32. The maximum Gasteiger partial charge on any atom is 0.123 e. The van der Waals surface area contributed by atoms with E-state index in [0.29, 0.717) is 25.1 Å². The van der Waals surface area contributed by atoms with Crippen molar-refractivity contribution in [3.63, 3.8) is 0 Å². The van der Waals surface area contributed by atoms with Crippen LogP contribution in [0.1, 0.15) is 33.3 Å². The summed E-state index contributed by atoms with van der Waals surface area (Å²) < 4.78 is 18.8. The van der Waals surface area contributed by atoms with Crippen LogP contribution in [0.3, 0.4) is 0 Å². The highest BCUT2D eigenvalue weighted by Gasteiger charge is 2.15. The first-order chi connectivity index (χ1) is 9.95. The van der Waals surface area contributed by atoms with Gasteiger partial charge in [-0.1, -0.05) is 13.8 Å². The van der Waals surface area contributed by atoms with Gasteiger partial charge in [-0.2, -0.15) is 0 Å². The third-order valence-electron chi connectivity index (χ3n) is 3.38. The first-order valence-corrected chi connectivity index (χ1v) is 7.70. The first-order valence-electron chi connectivity index (χ1n) is 7.70. The topological polar surface area (TPSA) is 24.5 Å². The Morgan fingerprint density at radius 1 is 1.24 bits per heavy atom. The van der Waals surface area contributed by atoms with Gasteiger partial charge in [0.2, 0.25) is 0 Å². The second kappa shape index (κ2) is 9.00. The summed E-state index contributed by atoms with van der Waals surface area (Å²) in [5.74, 6) is 0.396. The molecular formula is C17H29FN2O. The molecule has 0 atom stereocenters. The molecule has 0 unspecified atom stereocenters. The second-order valence-corrected chi connectivity index (χ2v) is 6.08. The van der Waals surface area contributed by atoms with Gasteiger partial charge >= 0.3 is 0 Å². The monoisotopic (exact) mass is 296 g/mol. The van der Waals surface area contributed by atoms with Crippen LogP contribution in [-0.2, 0) is 11.3 Å². The first kappa shape index (κ1) is 17.9. The van der Waals surface area contributed by atoms with Crippen molar-refractivity contribution in [1.29, 1.82) is 0 Å². The summed E-state index contributed by atoms with van der Waals surface area (Å²) in [4.78, 5) is 2.26. The van der Waals surface area contributed by atoms with Crippen LogP contribution in [0.2, 0.25) is 0 Å². The standard InChI is InChI=1S/C17H29FN2O/c1-13(2)11-19-12-15-10-16(18)6-7-17(15)20(14(3)4)8-9-21-5/h6-7,10,13-14,19H,8-9,11-12H2,1-5H3. The van der Waals surface area contributed by atoms with Gasteiger partial charge in [-0.15, -0.1) is 0 Å². The van der Waals surface area contributed by atoms with E-state index >= 15 is 0 Å². The summed E-state index contributed by atoms with van der Waals surface area (Å²) in [6, 6.07) is 5.38. The number of rotatable bonds is 9. The highest BCUT2D eigenvalue weighted by atomic mass is 19.1. The fraction of sp³-hybridized carbons (Fsp3) is 0.647. The zero-order valence-corrected chi connectivity index (χ0v) is 13.9.